The minimum absolute atomic E-state index is 0.0448. The van der Waals surface area contributed by atoms with Crippen molar-refractivity contribution in [3.8, 4) is 46.0 Å². The number of hydrogen-bond donors (Lipinski definition) is 8. The van der Waals surface area contributed by atoms with E-state index in [0.717, 1.165) is 19.3 Å². The van der Waals surface area contributed by atoms with Crippen LogP contribution in [0.2, 0.25) is 0 Å². The number of fused-ring (bicyclic) bond motifs is 4. The molecule has 4 aliphatic heterocycles. The molecule has 3 aromatic heterocycles. The molecule has 78 heavy (non-hydrogen) atoms. The average Bonchev–Trinajstić information content (AvgIpc) is 3.72. The molecule has 0 aliphatic carbocycles. The normalized spacial score (nSPS) is 25.9. The molecule has 408 valence electrons. The van der Waals surface area contributed by atoms with Crippen molar-refractivity contribution < 1.29 is 63.6 Å². The third-order valence-electron chi connectivity index (χ3n) is 18.6. The highest BCUT2D eigenvalue weighted by Crippen LogP contribution is 2.64. The Labute approximate surface area is 454 Å². The van der Waals surface area contributed by atoms with E-state index in [1.165, 1.54) is 30.9 Å². The summed E-state index contributed by atoms with van der Waals surface area (Å²) in [4.78, 5) is 0. The summed E-state index contributed by atoms with van der Waals surface area (Å²) in [6.45, 7) is 15.6. The fourth-order valence-electron chi connectivity index (χ4n) is 14.9. The summed E-state index contributed by atoms with van der Waals surface area (Å²) in [6, 6.07) is 19.6. The van der Waals surface area contributed by atoms with Gasteiger partial charge in [-0.25, -0.2) is 0 Å². The van der Waals surface area contributed by atoms with Gasteiger partial charge in [0.2, 0.25) is 0 Å². The van der Waals surface area contributed by atoms with Crippen molar-refractivity contribution >= 4 is 0 Å². The van der Waals surface area contributed by atoms with Crippen LogP contribution in [-0.2, 0) is 9.47 Å². The maximum absolute atomic E-state index is 13.3. The van der Waals surface area contributed by atoms with E-state index in [0.29, 0.717) is 23.3 Å². The lowest BCUT2D eigenvalue weighted by molar-refractivity contribution is -0.00734. The zero-order chi connectivity index (χ0) is 55.3. The molecule has 0 amide bonds. The second kappa shape index (κ2) is 19.8. The van der Waals surface area contributed by atoms with Gasteiger partial charge in [0.1, 0.15) is 68.9 Å². The Morgan fingerprint density at radius 1 is 0.462 bits per heavy atom. The quantitative estimate of drug-likeness (QED) is 0.0399. The van der Waals surface area contributed by atoms with Crippen molar-refractivity contribution in [2.75, 3.05) is 0 Å². The Morgan fingerprint density at radius 2 is 0.949 bits per heavy atom. The lowest BCUT2D eigenvalue weighted by atomic mass is 9.63. The zero-order valence-corrected chi connectivity index (χ0v) is 45.3. The molecular formula is C65H70O13. The molecule has 13 heteroatoms. The number of phenols is 8. The van der Waals surface area contributed by atoms with Crippen LogP contribution in [0.1, 0.15) is 170 Å². The zero-order valence-electron chi connectivity index (χ0n) is 45.3. The molecular weight excluding hydrogens is 989 g/mol. The first kappa shape index (κ1) is 52.6. The molecule has 7 aromatic rings. The molecule has 0 saturated carbocycles. The molecule has 7 heterocycles. The Kier molecular flexibility index (Phi) is 13.3. The first-order valence-corrected chi connectivity index (χ1v) is 27.5. The van der Waals surface area contributed by atoms with Crippen LogP contribution in [-0.4, -0.2) is 64.3 Å². The van der Waals surface area contributed by atoms with Crippen LogP contribution in [0.4, 0.5) is 0 Å². The molecule has 2 fully saturated rings. The van der Waals surface area contributed by atoms with E-state index in [1.54, 1.807) is 81.4 Å². The van der Waals surface area contributed by atoms with Crippen molar-refractivity contribution in [2.45, 2.75) is 134 Å². The van der Waals surface area contributed by atoms with Gasteiger partial charge in [0.25, 0.3) is 0 Å². The second-order valence-corrected chi connectivity index (χ2v) is 22.2. The van der Waals surface area contributed by atoms with E-state index < -0.39 is 46.5 Å². The number of aryl methyl sites for hydroxylation is 2. The van der Waals surface area contributed by atoms with Gasteiger partial charge < -0.3 is 63.6 Å². The fraction of sp³-hybridized carbons (Fsp3) is 0.385. The molecule has 11 rings (SSSR count). The fourth-order valence-corrected chi connectivity index (χ4v) is 14.9. The molecule has 0 spiro atoms. The van der Waals surface area contributed by atoms with Gasteiger partial charge in [0.05, 0.1) is 59.9 Å². The number of ether oxygens (including phenoxy) is 2. The SMILES string of the molecule is CCC1C2C=CC(C(C)c3c(O)ccc(C(c4ccco4)c4c(O)c(C)cc(C(c5ccco5)c5cc(C(c6c(O)ccc(C)c6O)C67C=CC(O6)C(CC)C7CC)c(O)c(C(C)c6ccco6)c5O)c4O)c3O)(O2)C1CC. The summed E-state index contributed by atoms with van der Waals surface area (Å²) in [5.41, 5.74) is -0.156. The molecule has 4 aliphatic rings. The first-order valence-electron chi connectivity index (χ1n) is 27.5. The standard InChI is InChI=1S/C65H70O13/c1-9-36-42(11-3)64(25-23-47(36)77-64)35(8)52-44(66)22-20-38(60(52)70)54(50-18-15-29-76-50)56-59(69)33(6)30-39(62(56)72)53(49-17-14-28-75-49)40-31-41(63(73)51(61(40)71)34(7)46-16-13-27-74-46)57(55-45(67)21-19-32(5)58(55)68)65-26-24-48(78-65)37(10-2)43(65)12-4/h13-31,34-37,42-43,47-48,53-54,57,66-73H,9-12H2,1-8H3. The highest BCUT2D eigenvalue weighted by molar-refractivity contribution is 5.70. The minimum atomic E-state index is -1.22. The van der Waals surface area contributed by atoms with E-state index in [9.17, 15) is 40.9 Å². The van der Waals surface area contributed by atoms with Crippen LogP contribution in [0.5, 0.6) is 46.0 Å². The number of phenolic OH excluding ortho intramolecular Hbond substituents is 8. The minimum Gasteiger partial charge on any atom is -0.508 e. The smallest absolute Gasteiger partial charge is 0.127 e. The van der Waals surface area contributed by atoms with Crippen LogP contribution in [0.15, 0.2) is 129 Å². The molecule has 13 unspecified atom stereocenters. The lowest BCUT2D eigenvalue weighted by Crippen LogP contribution is -2.42. The van der Waals surface area contributed by atoms with Crippen LogP contribution >= 0.6 is 0 Å². The van der Waals surface area contributed by atoms with E-state index in [1.807, 2.05) is 19.1 Å². The number of benzene rings is 4. The van der Waals surface area contributed by atoms with Crippen molar-refractivity contribution in [3.05, 3.63) is 189 Å². The number of hydrogen-bond acceptors (Lipinski definition) is 13. The molecule has 13 nitrogen and oxygen atoms in total. The Balaban J connectivity index is 1.17. The Morgan fingerprint density at radius 3 is 1.54 bits per heavy atom. The number of rotatable bonds is 17. The lowest BCUT2D eigenvalue weighted by Gasteiger charge is -2.41. The molecule has 4 aromatic carbocycles. The van der Waals surface area contributed by atoms with Crippen LogP contribution in [0.25, 0.3) is 0 Å². The van der Waals surface area contributed by atoms with E-state index in [-0.39, 0.29) is 132 Å². The highest BCUT2D eigenvalue weighted by atomic mass is 16.5. The number of furan rings is 3. The van der Waals surface area contributed by atoms with E-state index in [2.05, 4.69) is 39.8 Å². The highest BCUT2D eigenvalue weighted by Gasteiger charge is 2.61. The van der Waals surface area contributed by atoms with Crippen LogP contribution < -0.4 is 0 Å². The van der Waals surface area contributed by atoms with Gasteiger partial charge in [-0.2, -0.15) is 0 Å². The van der Waals surface area contributed by atoms with Crippen molar-refractivity contribution in [1.82, 2.24) is 0 Å². The van der Waals surface area contributed by atoms with E-state index in [4.69, 9.17) is 22.7 Å². The predicted molar refractivity (Wildman–Crippen MR) is 293 cm³/mol. The molecule has 8 N–H and O–H groups in total. The Bertz CT molecular complexity index is 3430. The van der Waals surface area contributed by atoms with Crippen molar-refractivity contribution in [3.63, 3.8) is 0 Å². The predicted octanol–water partition coefficient (Wildman–Crippen LogP) is 14.0. The third-order valence-corrected chi connectivity index (χ3v) is 18.6. The van der Waals surface area contributed by atoms with Crippen molar-refractivity contribution in [1.29, 1.82) is 0 Å². The third kappa shape index (κ3) is 7.69. The van der Waals surface area contributed by atoms with Crippen LogP contribution in [0.3, 0.4) is 0 Å². The Hall–Kier alpha value is -7.48. The monoisotopic (exact) mass is 1060 g/mol. The summed E-state index contributed by atoms with van der Waals surface area (Å²) in [5.74, 6) is -5.95. The summed E-state index contributed by atoms with van der Waals surface area (Å²) in [7, 11) is 0. The maximum Gasteiger partial charge on any atom is 0.127 e. The largest absolute Gasteiger partial charge is 0.508 e. The van der Waals surface area contributed by atoms with Gasteiger partial charge in [0.15, 0.2) is 0 Å². The maximum atomic E-state index is 13.3. The van der Waals surface area contributed by atoms with Gasteiger partial charge in [-0.1, -0.05) is 90.8 Å². The summed E-state index contributed by atoms with van der Waals surface area (Å²) >= 11 is 0. The molecule has 4 bridgehead atoms. The van der Waals surface area contributed by atoms with Gasteiger partial charge in [-0.05, 0) is 122 Å². The number of aromatic hydroxyl groups is 8. The van der Waals surface area contributed by atoms with Gasteiger partial charge >= 0.3 is 0 Å². The van der Waals surface area contributed by atoms with Crippen LogP contribution in [0, 0.1) is 37.5 Å². The van der Waals surface area contributed by atoms with Gasteiger partial charge in [-0.3, -0.25) is 0 Å². The van der Waals surface area contributed by atoms with Crippen molar-refractivity contribution in [2.24, 2.45) is 23.7 Å². The summed E-state index contributed by atoms with van der Waals surface area (Å²) in [5, 5.41) is 101. The van der Waals surface area contributed by atoms with E-state index >= 15 is 0 Å². The van der Waals surface area contributed by atoms with Gasteiger partial charge in [0, 0.05) is 50.8 Å². The molecule has 13 atom stereocenters. The molecule has 2 saturated heterocycles. The topological polar surface area (TPSA) is 220 Å². The summed E-state index contributed by atoms with van der Waals surface area (Å²) in [6.07, 6.45) is 15.3. The average molecular weight is 1060 g/mol. The second-order valence-electron chi connectivity index (χ2n) is 22.2. The van der Waals surface area contributed by atoms with Gasteiger partial charge in [-0.15, -0.1) is 0 Å². The summed E-state index contributed by atoms with van der Waals surface area (Å²) < 4.78 is 32.3. The first-order chi connectivity index (χ1) is 37.5. The molecule has 0 radical (unpaired) electrons.